The molecule has 0 fully saturated rings. The van der Waals surface area contributed by atoms with Crippen molar-refractivity contribution in [3.05, 3.63) is 30.3 Å². The van der Waals surface area contributed by atoms with E-state index in [0.29, 0.717) is 5.75 Å². The summed E-state index contributed by atoms with van der Waals surface area (Å²) >= 11 is 0. The summed E-state index contributed by atoms with van der Waals surface area (Å²) in [6.07, 6.45) is -0.595. The van der Waals surface area contributed by atoms with Gasteiger partial charge in [0, 0.05) is 0 Å². The number of carbonyl (C=O) groups excluding carboxylic acids is 1. The van der Waals surface area contributed by atoms with Crippen LogP contribution < -0.4 is 10.5 Å². The maximum Gasteiger partial charge on any atom is 0.345 e. The quantitative estimate of drug-likeness (QED) is 0.573. The molecule has 4 heteroatoms. The molecule has 0 bridgehead atoms. The first kappa shape index (κ1) is 10.5. The Labute approximate surface area is 82.6 Å². The van der Waals surface area contributed by atoms with Gasteiger partial charge in [0.25, 0.3) is 0 Å². The zero-order valence-corrected chi connectivity index (χ0v) is 7.97. The maximum absolute atomic E-state index is 11.0. The number of nitrogens with two attached hydrogens (primary N) is 1. The topological polar surface area (TPSA) is 61.5 Å². The van der Waals surface area contributed by atoms with E-state index in [1.165, 1.54) is 0 Å². The lowest BCUT2D eigenvalue weighted by Crippen LogP contribution is -2.26. The molecule has 0 aliphatic heterocycles. The lowest BCUT2D eigenvalue weighted by atomic mass is 10.3. The summed E-state index contributed by atoms with van der Waals surface area (Å²) in [5.74, 6) is 0.165. The second-order valence-electron chi connectivity index (χ2n) is 2.80. The van der Waals surface area contributed by atoms with Crippen LogP contribution in [0.5, 0.6) is 5.75 Å². The molecule has 14 heavy (non-hydrogen) atoms. The summed E-state index contributed by atoms with van der Waals surface area (Å²) < 4.78 is 9.82. The number of benzene rings is 1. The van der Waals surface area contributed by atoms with Crippen molar-refractivity contribution in [3.63, 3.8) is 0 Å². The van der Waals surface area contributed by atoms with Gasteiger partial charge in [0.2, 0.25) is 0 Å². The summed E-state index contributed by atoms with van der Waals surface area (Å²) in [4.78, 5) is 11.0. The molecule has 0 aromatic heterocycles. The second-order valence-corrected chi connectivity index (χ2v) is 2.80. The molecule has 0 aliphatic carbocycles. The number of esters is 1. The molecule has 0 saturated carbocycles. The molecular formula is C10H13NO3. The van der Waals surface area contributed by atoms with Gasteiger partial charge in [0.1, 0.15) is 12.0 Å². The molecule has 1 unspecified atom stereocenters. The van der Waals surface area contributed by atoms with E-state index in [0.717, 1.165) is 0 Å². The Morgan fingerprint density at radius 1 is 1.43 bits per heavy atom. The van der Waals surface area contributed by atoms with E-state index in [1.807, 2.05) is 18.2 Å². The molecular weight excluding hydrogens is 182 g/mol. The first-order valence-corrected chi connectivity index (χ1v) is 4.31. The standard InChI is InChI=1S/C10H13NO3/c1-8(11)14-10(12)7-13-9-5-3-2-4-6-9/h2-6,8H,7,11H2,1H3. The van der Waals surface area contributed by atoms with E-state index >= 15 is 0 Å². The van der Waals surface area contributed by atoms with Gasteiger partial charge in [-0.2, -0.15) is 0 Å². The zero-order valence-electron chi connectivity index (χ0n) is 7.97. The maximum atomic E-state index is 11.0. The van der Waals surface area contributed by atoms with Gasteiger partial charge in [-0.05, 0) is 19.1 Å². The predicted octanol–water partition coefficient (Wildman–Crippen LogP) is 0.913. The molecule has 0 spiro atoms. The van der Waals surface area contributed by atoms with Crippen LogP contribution in [0.4, 0.5) is 0 Å². The van der Waals surface area contributed by atoms with Gasteiger partial charge in [-0.3, -0.25) is 5.73 Å². The summed E-state index contributed by atoms with van der Waals surface area (Å²) in [7, 11) is 0. The average Bonchev–Trinajstić information content (AvgIpc) is 2.15. The number of rotatable bonds is 4. The normalized spacial score (nSPS) is 11.9. The highest BCUT2D eigenvalue weighted by Crippen LogP contribution is 2.07. The summed E-state index contributed by atoms with van der Waals surface area (Å²) in [5.41, 5.74) is 5.26. The fourth-order valence-electron chi connectivity index (χ4n) is 0.900. The lowest BCUT2D eigenvalue weighted by Gasteiger charge is -2.08. The third-order valence-electron chi connectivity index (χ3n) is 1.42. The van der Waals surface area contributed by atoms with Crippen LogP contribution in [0.15, 0.2) is 30.3 Å². The smallest absolute Gasteiger partial charge is 0.345 e. The molecule has 1 aromatic carbocycles. The van der Waals surface area contributed by atoms with Gasteiger partial charge in [0.15, 0.2) is 6.61 Å². The van der Waals surface area contributed by atoms with E-state index in [4.69, 9.17) is 10.5 Å². The van der Waals surface area contributed by atoms with Gasteiger partial charge in [-0.1, -0.05) is 18.2 Å². The van der Waals surface area contributed by atoms with Crippen molar-refractivity contribution >= 4 is 5.97 Å². The average molecular weight is 195 g/mol. The fraction of sp³-hybridized carbons (Fsp3) is 0.300. The molecule has 76 valence electrons. The minimum absolute atomic E-state index is 0.119. The van der Waals surface area contributed by atoms with Gasteiger partial charge in [-0.15, -0.1) is 0 Å². The molecule has 0 saturated heterocycles. The molecule has 2 N–H and O–H groups in total. The Balaban J connectivity index is 2.31. The molecule has 1 rings (SSSR count). The highest BCUT2D eigenvalue weighted by Gasteiger charge is 2.05. The van der Waals surface area contributed by atoms with Gasteiger partial charge in [-0.25, -0.2) is 4.79 Å². The Morgan fingerprint density at radius 2 is 2.07 bits per heavy atom. The highest BCUT2D eigenvalue weighted by molar-refractivity contribution is 5.71. The van der Waals surface area contributed by atoms with E-state index in [1.54, 1.807) is 19.1 Å². The van der Waals surface area contributed by atoms with Crippen LogP contribution in [0, 0.1) is 0 Å². The van der Waals surface area contributed by atoms with E-state index < -0.39 is 12.2 Å². The number of carbonyl (C=O) groups is 1. The molecule has 0 heterocycles. The van der Waals surface area contributed by atoms with Crippen molar-refractivity contribution in [2.24, 2.45) is 5.73 Å². The van der Waals surface area contributed by atoms with Crippen molar-refractivity contribution in [1.29, 1.82) is 0 Å². The van der Waals surface area contributed by atoms with Crippen molar-refractivity contribution in [3.8, 4) is 5.75 Å². The predicted molar refractivity (Wildman–Crippen MR) is 51.7 cm³/mol. The van der Waals surface area contributed by atoms with Gasteiger partial charge >= 0.3 is 5.97 Å². The van der Waals surface area contributed by atoms with Crippen LogP contribution in [-0.2, 0) is 9.53 Å². The first-order chi connectivity index (χ1) is 6.68. The summed E-state index contributed by atoms with van der Waals surface area (Å²) in [6.45, 7) is 1.46. The van der Waals surface area contributed by atoms with Crippen molar-refractivity contribution < 1.29 is 14.3 Å². The highest BCUT2D eigenvalue weighted by atomic mass is 16.6. The van der Waals surface area contributed by atoms with Gasteiger partial charge in [0.05, 0.1) is 0 Å². The van der Waals surface area contributed by atoms with E-state index in [2.05, 4.69) is 4.74 Å². The zero-order chi connectivity index (χ0) is 10.4. The van der Waals surface area contributed by atoms with Crippen LogP contribution in [0.1, 0.15) is 6.92 Å². The largest absolute Gasteiger partial charge is 0.482 e. The third kappa shape index (κ3) is 3.91. The summed E-state index contributed by atoms with van der Waals surface area (Å²) in [6, 6.07) is 9.05. The lowest BCUT2D eigenvalue weighted by molar-refractivity contribution is -0.150. The minimum atomic E-state index is -0.595. The van der Waals surface area contributed by atoms with Crippen molar-refractivity contribution in [2.75, 3.05) is 6.61 Å². The Hall–Kier alpha value is -1.55. The molecule has 0 amide bonds. The molecule has 1 atom stereocenters. The number of hydrogen-bond acceptors (Lipinski definition) is 4. The van der Waals surface area contributed by atoms with Crippen LogP contribution in [0.25, 0.3) is 0 Å². The van der Waals surface area contributed by atoms with E-state index in [9.17, 15) is 4.79 Å². The molecule has 0 aliphatic rings. The van der Waals surface area contributed by atoms with Crippen LogP contribution >= 0.6 is 0 Å². The number of ether oxygens (including phenoxy) is 2. The van der Waals surface area contributed by atoms with Crippen LogP contribution in [0.2, 0.25) is 0 Å². The van der Waals surface area contributed by atoms with Gasteiger partial charge < -0.3 is 9.47 Å². The van der Waals surface area contributed by atoms with Crippen molar-refractivity contribution in [2.45, 2.75) is 13.2 Å². The second kappa shape index (κ2) is 5.24. The number of hydrogen-bond donors (Lipinski definition) is 1. The number of para-hydroxylation sites is 1. The Bertz CT molecular complexity index is 285. The van der Waals surface area contributed by atoms with Crippen LogP contribution in [-0.4, -0.2) is 18.8 Å². The summed E-state index contributed by atoms with van der Waals surface area (Å²) in [5, 5.41) is 0. The monoisotopic (exact) mass is 195 g/mol. The first-order valence-electron chi connectivity index (χ1n) is 4.31. The Morgan fingerprint density at radius 3 is 2.64 bits per heavy atom. The molecule has 4 nitrogen and oxygen atoms in total. The third-order valence-corrected chi connectivity index (χ3v) is 1.42. The molecule has 1 aromatic rings. The molecule has 0 radical (unpaired) electrons. The van der Waals surface area contributed by atoms with E-state index in [-0.39, 0.29) is 6.61 Å². The van der Waals surface area contributed by atoms with Crippen LogP contribution in [0.3, 0.4) is 0 Å². The Kier molecular flexibility index (Phi) is 3.94. The SMILES string of the molecule is CC(N)OC(=O)COc1ccccc1. The van der Waals surface area contributed by atoms with Crippen molar-refractivity contribution in [1.82, 2.24) is 0 Å². The minimum Gasteiger partial charge on any atom is -0.482 e. The fourth-order valence-corrected chi connectivity index (χ4v) is 0.900.